The number of phenols is 1. The van der Waals surface area contributed by atoms with E-state index in [2.05, 4.69) is 0 Å². The van der Waals surface area contributed by atoms with Crippen molar-refractivity contribution in [1.82, 2.24) is 0 Å². The largest absolute Gasteiger partial charge is 0.508 e. The van der Waals surface area contributed by atoms with E-state index in [1.54, 1.807) is 6.07 Å². The lowest BCUT2D eigenvalue weighted by atomic mass is 9.91. The van der Waals surface area contributed by atoms with Gasteiger partial charge in [0.2, 0.25) is 0 Å². The molecule has 2 rings (SSSR count). The van der Waals surface area contributed by atoms with Crippen LogP contribution in [0, 0.1) is 0 Å². The summed E-state index contributed by atoms with van der Waals surface area (Å²) in [6.07, 6.45) is 1.96. The Kier molecular flexibility index (Phi) is 2.94. The van der Waals surface area contributed by atoms with Crippen molar-refractivity contribution >= 4 is 11.6 Å². The molecule has 0 unspecified atom stereocenters. The van der Waals surface area contributed by atoms with E-state index in [9.17, 15) is 5.11 Å². The summed E-state index contributed by atoms with van der Waals surface area (Å²) in [6, 6.07) is 5.34. The van der Waals surface area contributed by atoms with E-state index in [1.807, 2.05) is 12.1 Å². The predicted molar refractivity (Wildman–Crippen MR) is 55.9 cm³/mol. The molecule has 0 saturated carbocycles. The molecular weight excluding hydrogens is 200 g/mol. The van der Waals surface area contributed by atoms with Crippen LogP contribution in [0.15, 0.2) is 18.2 Å². The topological polar surface area (TPSA) is 29.5 Å². The van der Waals surface area contributed by atoms with E-state index in [4.69, 9.17) is 16.3 Å². The summed E-state index contributed by atoms with van der Waals surface area (Å²) in [6.45, 7) is 1.57. The lowest BCUT2D eigenvalue weighted by Gasteiger charge is -2.23. The summed E-state index contributed by atoms with van der Waals surface area (Å²) in [7, 11) is 0. The van der Waals surface area contributed by atoms with Gasteiger partial charge < -0.3 is 9.84 Å². The molecule has 0 spiro atoms. The van der Waals surface area contributed by atoms with Crippen LogP contribution in [0.5, 0.6) is 5.75 Å². The third-order valence-corrected chi connectivity index (χ3v) is 2.89. The van der Waals surface area contributed by atoms with Crippen molar-refractivity contribution < 1.29 is 9.84 Å². The second-order valence-electron chi connectivity index (χ2n) is 3.59. The fourth-order valence-electron chi connectivity index (χ4n) is 1.87. The molecule has 1 heterocycles. The number of benzene rings is 1. The summed E-state index contributed by atoms with van der Waals surface area (Å²) in [5, 5.41) is 10.3. The van der Waals surface area contributed by atoms with E-state index in [0.717, 1.165) is 31.6 Å². The molecular formula is C11H13ClO2. The van der Waals surface area contributed by atoms with Gasteiger partial charge in [-0.25, -0.2) is 0 Å². The fourth-order valence-corrected chi connectivity index (χ4v) is 2.04. The standard InChI is InChI=1S/C11H13ClO2/c12-9-1-2-10(11(13)7-9)8-3-5-14-6-4-8/h1-2,7-8,13H,3-6H2. The molecule has 2 nitrogen and oxygen atoms in total. The van der Waals surface area contributed by atoms with Gasteiger partial charge in [-0.05, 0) is 36.5 Å². The van der Waals surface area contributed by atoms with Crippen molar-refractivity contribution in [2.75, 3.05) is 13.2 Å². The van der Waals surface area contributed by atoms with Crippen LogP contribution in [0.3, 0.4) is 0 Å². The maximum absolute atomic E-state index is 9.72. The van der Waals surface area contributed by atoms with Gasteiger partial charge in [0.15, 0.2) is 0 Å². The van der Waals surface area contributed by atoms with Crippen LogP contribution in [0.2, 0.25) is 5.02 Å². The molecule has 3 heteroatoms. The van der Waals surface area contributed by atoms with Crippen LogP contribution in [0.1, 0.15) is 24.3 Å². The van der Waals surface area contributed by atoms with Crippen molar-refractivity contribution in [2.45, 2.75) is 18.8 Å². The Hall–Kier alpha value is -0.730. The van der Waals surface area contributed by atoms with Gasteiger partial charge in [0.1, 0.15) is 5.75 Å². The summed E-state index contributed by atoms with van der Waals surface area (Å²) < 4.78 is 5.28. The van der Waals surface area contributed by atoms with Gasteiger partial charge in [0, 0.05) is 18.2 Å². The zero-order valence-electron chi connectivity index (χ0n) is 7.87. The van der Waals surface area contributed by atoms with E-state index in [-0.39, 0.29) is 0 Å². The first-order chi connectivity index (χ1) is 6.77. The van der Waals surface area contributed by atoms with Gasteiger partial charge in [0.25, 0.3) is 0 Å². The first-order valence-electron chi connectivity index (χ1n) is 4.83. The maximum atomic E-state index is 9.72. The monoisotopic (exact) mass is 212 g/mol. The Morgan fingerprint density at radius 1 is 1.29 bits per heavy atom. The highest BCUT2D eigenvalue weighted by Crippen LogP contribution is 2.34. The molecule has 1 fully saturated rings. The molecule has 1 aromatic rings. The summed E-state index contributed by atoms with van der Waals surface area (Å²) in [5.41, 5.74) is 0.998. The zero-order chi connectivity index (χ0) is 9.97. The highest BCUT2D eigenvalue weighted by Gasteiger charge is 2.18. The van der Waals surface area contributed by atoms with Crippen LogP contribution in [0.4, 0.5) is 0 Å². The van der Waals surface area contributed by atoms with Crippen molar-refractivity contribution in [3.05, 3.63) is 28.8 Å². The molecule has 1 aliphatic rings. The summed E-state index contributed by atoms with van der Waals surface area (Å²) >= 11 is 5.77. The van der Waals surface area contributed by atoms with Crippen molar-refractivity contribution in [1.29, 1.82) is 0 Å². The molecule has 14 heavy (non-hydrogen) atoms. The predicted octanol–water partition coefficient (Wildman–Crippen LogP) is 2.94. The minimum absolute atomic E-state index is 0.310. The Balaban J connectivity index is 2.22. The first-order valence-corrected chi connectivity index (χ1v) is 5.21. The van der Waals surface area contributed by atoms with Gasteiger partial charge in [-0.15, -0.1) is 0 Å². The maximum Gasteiger partial charge on any atom is 0.120 e. The van der Waals surface area contributed by atoms with Crippen molar-refractivity contribution in [3.8, 4) is 5.75 Å². The third kappa shape index (κ3) is 2.02. The van der Waals surface area contributed by atoms with Crippen LogP contribution >= 0.6 is 11.6 Å². The number of halogens is 1. The van der Waals surface area contributed by atoms with Crippen molar-refractivity contribution in [3.63, 3.8) is 0 Å². The van der Waals surface area contributed by atoms with E-state index in [0.29, 0.717) is 16.7 Å². The zero-order valence-corrected chi connectivity index (χ0v) is 8.63. The van der Waals surface area contributed by atoms with Crippen LogP contribution in [-0.2, 0) is 4.74 Å². The normalized spacial score (nSPS) is 18.4. The molecule has 0 aromatic heterocycles. The van der Waals surface area contributed by atoms with E-state index < -0.39 is 0 Å². The molecule has 1 aliphatic heterocycles. The smallest absolute Gasteiger partial charge is 0.120 e. The summed E-state index contributed by atoms with van der Waals surface area (Å²) in [4.78, 5) is 0. The lowest BCUT2D eigenvalue weighted by molar-refractivity contribution is 0.0848. The Morgan fingerprint density at radius 2 is 2.00 bits per heavy atom. The number of rotatable bonds is 1. The van der Waals surface area contributed by atoms with E-state index in [1.165, 1.54) is 0 Å². The van der Waals surface area contributed by atoms with Gasteiger partial charge in [0.05, 0.1) is 0 Å². The summed E-state index contributed by atoms with van der Waals surface area (Å²) in [5.74, 6) is 0.727. The average molecular weight is 213 g/mol. The minimum atomic E-state index is 0.310. The molecule has 0 atom stereocenters. The fraction of sp³-hybridized carbons (Fsp3) is 0.455. The van der Waals surface area contributed by atoms with Gasteiger partial charge in [-0.1, -0.05) is 17.7 Å². The Morgan fingerprint density at radius 3 is 2.64 bits per heavy atom. The van der Waals surface area contributed by atoms with Gasteiger partial charge in [-0.2, -0.15) is 0 Å². The van der Waals surface area contributed by atoms with Crippen LogP contribution in [-0.4, -0.2) is 18.3 Å². The van der Waals surface area contributed by atoms with Gasteiger partial charge >= 0.3 is 0 Å². The Bertz CT molecular complexity index is 319. The Labute approximate surface area is 88.5 Å². The molecule has 1 saturated heterocycles. The van der Waals surface area contributed by atoms with E-state index >= 15 is 0 Å². The molecule has 0 aliphatic carbocycles. The van der Waals surface area contributed by atoms with Crippen molar-refractivity contribution in [2.24, 2.45) is 0 Å². The second kappa shape index (κ2) is 4.20. The number of phenolic OH excluding ortho intramolecular Hbond substituents is 1. The number of hydrogen-bond acceptors (Lipinski definition) is 2. The lowest BCUT2D eigenvalue weighted by Crippen LogP contribution is -2.14. The van der Waals surface area contributed by atoms with Crippen LogP contribution in [0.25, 0.3) is 0 Å². The molecule has 76 valence electrons. The number of ether oxygens (including phenoxy) is 1. The highest BCUT2D eigenvalue weighted by molar-refractivity contribution is 6.30. The number of hydrogen-bond donors (Lipinski definition) is 1. The average Bonchev–Trinajstić information content (AvgIpc) is 2.19. The molecule has 1 aromatic carbocycles. The molecule has 0 radical (unpaired) electrons. The quantitative estimate of drug-likeness (QED) is 0.776. The van der Waals surface area contributed by atoms with Crippen LogP contribution < -0.4 is 0 Å². The minimum Gasteiger partial charge on any atom is -0.508 e. The van der Waals surface area contributed by atoms with Gasteiger partial charge in [-0.3, -0.25) is 0 Å². The molecule has 1 N–H and O–H groups in total. The molecule has 0 bridgehead atoms. The number of aromatic hydroxyl groups is 1. The second-order valence-corrected chi connectivity index (χ2v) is 4.03. The first kappa shape index (κ1) is 9.81. The molecule has 0 amide bonds. The highest BCUT2D eigenvalue weighted by atomic mass is 35.5. The SMILES string of the molecule is Oc1cc(Cl)ccc1C1CCOCC1. The third-order valence-electron chi connectivity index (χ3n) is 2.65.